The van der Waals surface area contributed by atoms with Crippen molar-refractivity contribution in [2.75, 3.05) is 11.5 Å². The Morgan fingerprint density at radius 1 is 1.30 bits per heavy atom. The van der Waals surface area contributed by atoms with E-state index in [1.807, 2.05) is 0 Å². The lowest BCUT2D eigenvalue weighted by atomic mass is 10.0. The van der Waals surface area contributed by atoms with Gasteiger partial charge in [0.1, 0.15) is 21.2 Å². The number of H-pyrrole nitrogens is 1. The molecule has 1 aromatic carbocycles. The Morgan fingerprint density at radius 3 is 2.70 bits per heavy atom. The Hall–Kier alpha value is -1.63. The maximum absolute atomic E-state index is 13.6. The minimum atomic E-state index is -2.91. The molecule has 2 aromatic rings. The number of halogens is 1. The number of para-hydroxylation sites is 1. The maximum atomic E-state index is 13.6. The average Bonchev–Trinajstić information content (AvgIpc) is 2.71. The van der Waals surface area contributed by atoms with Gasteiger partial charge in [-0.15, -0.1) is 0 Å². The van der Waals surface area contributed by atoms with Crippen LogP contribution < -0.4 is 5.69 Å². The van der Waals surface area contributed by atoms with Crippen LogP contribution in [0.1, 0.15) is 12.8 Å². The molecule has 108 valence electrons. The molecule has 7 heteroatoms. The fourth-order valence-electron chi connectivity index (χ4n) is 2.71. The lowest BCUT2D eigenvalue weighted by Gasteiger charge is -2.22. The lowest BCUT2D eigenvalue weighted by Crippen LogP contribution is -2.29. The summed E-state index contributed by atoms with van der Waals surface area (Å²) in [7, 11) is -2.91. The first kappa shape index (κ1) is 13.4. The van der Waals surface area contributed by atoms with Crippen molar-refractivity contribution < 1.29 is 12.8 Å². The number of fused-ring (bicyclic) bond motifs is 1. The van der Waals surface area contributed by atoms with E-state index in [0.717, 1.165) is 0 Å². The number of hydrogen-bond donors (Lipinski definition) is 1. The molecular formula is C13H15FN2O3S. The third kappa shape index (κ3) is 2.37. The van der Waals surface area contributed by atoms with Crippen LogP contribution >= 0.6 is 0 Å². The highest BCUT2D eigenvalue weighted by atomic mass is 32.2. The van der Waals surface area contributed by atoms with E-state index < -0.39 is 15.7 Å². The molecular weight excluding hydrogens is 283 g/mol. The third-order valence-corrected chi connectivity index (χ3v) is 5.59. The molecule has 0 amide bonds. The van der Waals surface area contributed by atoms with Gasteiger partial charge < -0.3 is 4.98 Å². The summed E-state index contributed by atoms with van der Waals surface area (Å²) in [6.07, 6.45) is 1.10. The molecule has 3 rings (SSSR count). The molecule has 20 heavy (non-hydrogen) atoms. The van der Waals surface area contributed by atoms with Crippen molar-refractivity contribution in [2.24, 2.45) is 5.92 Å². The van der Waals surface area contributed by atoms with Crippen molar-refractivity contribution in [1.29, 1.82) is 0 Å². The largest absolute Gasteiger partial charge is 0.326 e. The lowest BCUT2D eigenvalue weighted by molar-refractivity contribution is 0.404. The Bertz CT molecular complexity index is 793. The van der Waals surface area contributed by atoms with Crippen LogP contribution in [0.25, 0.3) is 11.0 Å². The fraction of sp³-hybridized carbons (Fsp3) is 0.462. The van der Waals surface area contributed by atoms with Gasteiger partial charge in [-0.05, 0) is 30.9 Å². The average molecular weight is 298 g/mol. The summed E-state index contributed by atoms with van der Waals surface area (Å²) in [4.78, 5) is 14.4. The third-order valence-electron chi connectivity index (χ3n) is 3.87. The van der Waals surface area contributed by atoms with Crippen LogP contribution in [-0.2, 0) is 16.4 Å². The molecule has 1 N–H and O–H groups in total. The molecule has 2 heterocycles. The van der Waals surface area contributed by atoms with Crippen LogP contribution in [-0.4, -0.2) is 29.5 Å². The minimum absolute atomic E-state index is 0.137. The van der Waals surface area contributed by atoms with Crippen molar-refractivity contribution >= 4 is 20.9 Å². The number of hydrogen-bond acceptors (Lipinski definition) is 3. The van der Waals surface area contributed by atoms with Crippen LogP contribution in [0, 0.1) is 11.7 Å². The second kappa shape index (κ2) is 4.73. The van der Waals surface area contributed by atoms with Crippen molar-refractivity contribution in [3.63, 3.8) is 0 Å². The van der Waals surface area contributed by atoms with E-state index in [1.165, 1.54) is 10.6 Å². The minimum Gasteiger partial charge on any atom is -0.303 e. The summed E-state index contributed by atoms with van der Waals surface area (Å²) >= 11 is 0. The monoisotopic (exact) mass is 298 g/mol. The summed E-state index contributed by atoms with van der Waals surface area (Å²) in [6.45, 7) is 0.428. The summed E-state index contributed by atoms with van der Waals surface area (Å²) in [5.41, 5.74) is 0.392. The topological polar surface area (TPSA) is 71.9 Å². The molecule has 0 bridgehead atoms. The summed E-state index contributed by atoms with van der Waals surface area (Å²) < 4.78 is 37.9. The molecule has 0 saturated carbocycles. The zero-order valence-electron chi connectivity index (χ0n) is 10.8. The Balaban J connectivity index is 1.90. The molecule has 5 nitrogen and oxygen atoms in total. The zero-order chi connectivity index (χ0) is 14.3. The van der Waals surface area contributed by atoms with E-state index in [2.05, 4.69) is 4.98 Å². The normalized spacial score (nSPS) is 19.4. The summed E-state index contributed by atoms with van der Waals surface area (Å²) in [6, 6.07) is 4.55. The molecule has 0 spiro atoms. The first-order valence-corrected chi connectivity index (χ1v) is 8.36. The molecule has 1 aliphatic heterocycles. The second-order valence-electron chi connectivity index (χ2n) is 5.27. The number of imidazole rings is 1. The highest BCUT2D eigenvalue weighted by molar-refractivity contribution is 7.91. The van der Waals surface area contributed by atoms with Gasteiger partial charge in [-0.25, -0.2) is 17.6 Å². The number of nitrogens with zero attached hydrogens (tertiary/aromatic N) is 1. The molecule has 0 unspecified atom stereocenters. The number of benzene rings is 1. The van der Waals surface area contributed by atoms with Crippen molar-refractivity contribution in [3.8, 4) is 0 Å². The highest BCUT2D eigenvalue weighted by Gasteiger charge is 2.24. The van der Waals surface area contributed by atoms with Gasteiger partial charge in [-0.1, -0.05) is 6.07 Å². The number of rotatable bonds is 2. The SMILES string of the molecule is O=c1[nH]c2c(F)cccc2n1CC1CCS(=O)(=O)CC1. The van der Waals surface area contributed by atoms with Crippen LogP contribution in [0.3, 0.4) is 0 Å². The highest BCUT2D eigenvalue weighted by Crippen LogP contribution is 2.22. The van der Waals surface area contributed by atoms with Crippen molar-refractivity contribution in [3.05, 3.63) is 34.5 Å². The van der Waals surface area contributed by atoms with E-state index in [1.54, 1.807) is 12.1 Å². The van der Waals surface area contributed by atoms with E-state index in [9.17, 15) is 17.6 Å². The van der Waals surface area contributed by atoms with Gasteiger partial charge >= 0.3 is 5.69 Å². The molecule has 1 fully saturated rings. The number of aromatic nitrogens is 2. The smallest absolute Gasteiger partial charge is 0.303 e. The van der Waals surface area contributed by atoms with Crippen molar-refractivity contribution in [2.45, 2.75) is 19.4 Å². The van der Waals surface area contributed by atoms with Crippen LogP contribution in [0.4, 0.5) is 4.39 Å². The van der Waals surface area contributed by atoms with Gasteiger partial charge in [-0.2, -0.15) is 0 Å². The predicted molar refractivity (Wildman–Crippen MR) is 73.9 cm³/mol. The molecule has 0 radical (unpaired) electrons. The molecule has 1 aromatic heterocycles. The van der Waals surface area contributed by atoms with Crippen LogP contribution in [0.2, 0.25) is 0 Å². The first-order chi connectivity index (χ1) is 9.46. The molecule has 1 saturated heterocycles. The first-order valence-electron chi connectivity index (χ1n) is 6.54. The van der Waals surface area contributed by atoms with Crippen LogP contribution in [0.5, 0.6) is 0 Å². The molecule has 0 atom stereocenters. The van der Waals surface area contributed by atoms with Gasteiger partial charge in [0.05, 0.1) is 17.0 Å². The van der Waals surface area contributed by atoms with Crippen LogP contribution in [0.15, 0.2) is 23.0 Å². The Labute approximate surface area is 115 Å². The second-order valence-corrected chi connectivity index (χ2v) is 7.57. The number of sulfone groups is 1. The van der Waals surface area contributed by atoms with E-state index >= 15 is 0 Å². The molecule has 0 aliphatic carbocycles. The van der Waals surface area contributed by atoms with Crippen molar-refractivity contribution in [1.82, 2.24) is 9.55 Å². The maximum Gasteiger partial charge on any atom is 0.326 e. The fourth-order valence-corrected chi connectivity index (χ4v) is 4.30. The van der Waals surface area contributed by atoms with Gasteiger partial charge in [0.25, 0.3) is 0 Å². The molecule has 1 aliphatic rings. The predicted octanol–water partition coefficient (Wildman–Crippen LogP) is 1.29. The standard InChI is InChI=1S/C13H15FN2O3S/c14-10-2-1-3-11-12(10)15-13(17)16(11)8-9-4-6-20(18,19)7-5-9/h1-3,9H,4-8H2,(H,15,17). The van der Waals surface area contributed by atoms with Gasteiger partial charge in [0.2, 0.25) is 0 Å². The zero-order valence-corrected chi connectivity index (χ0v) is 11.6. The summed E-state index contributed by atoms with van der Waals surface area (Å²) in [5.74, 6) is 0.0229. The van der Waals surface area contributed by atoms with E-state index in [4.69, 9.17) is 0 Å². The Kier molecular flexibility index (Phi) is 3.16. The Morgan fingerprint density at radius 2 is 2.00 bits per heavy atom. The van der Waals surface area contributed by atoms with Gasteiger partial charge in [-0.3, -0.25) is 4.57 Å². The number of nitrogens with one attached hydrogen (secondary N) is 1. The van der Waals surface area contributed by atoms with E-state index in [0.29, 0.717) is 24.9 Å². The van der Waals surface area contributed by atoms with Gasteiger partial charge in [0, 0.05) is 6.54 Å². The number of aromatic amines is 1. The quantitative estimate of drug-likeness (QED) is 0.908. The van der Waals surface area contributed by atoms with E-state index in [-0.39, 0.29) is 28.6 Å². The van der Waals surface area contributed by atoms with Gasteiger partial charge in [0.15, 0.2) is 0 Å². The summed E-state index contributed by atoms with van der Waals surface area (Å²) in [5, 5.41) is 0.